The Morgan fingerprint density at radius 1 is 1.05 bits per heavy atom. The van der Waals surface area contributed by atoms with Gasteiger partial charge in [0.1, 0.15) is 0 Å². The van der Waals surface area contributed by atoms with E-state index in [0.717, 1.165) is 5.56 Å². The van der Waals surface area contributed by atoms with Crippen LogP contribution in [-0.2, 0) is 19.1 Å². The monoisotopic (exact) mass is 300 g/mol. The molecule has 0 saturated heterocycles. The zero-order valence-electron chi connectivity index (χ0n) is 12.8. The van der Waals surface area contributed by atoms with Crippen LogP contribution in [0.4, 0.5) is 0 Å². The number of carbonyl (C=O) groups excluding carboxylic acids is 2. The van der Waals surface area contributed by atoms with Crippen molar-refractivity contribution < 1.29 is 19.1 Å². The third-order valence-corrected chi connectivity index (χ3v) is 3.10. The summed E-state index contributed by atoms with van der Waals surface area (Å²) in [5.41, 5.74) is 1.06. The fourth-order valence-corrected chi connectivity index (χ4v) is 1.91. The van der Waals surface area contributed by atoms with E-state index < -0.39 is 23.8 Å². The summed E-state index contributed by atoms with van der Waals surface area (Å²) in [6.07, 6.45) is 8.74. The summed E-state index contributed by atoms with van der Waals surface area (Å²) in [5, 5.41) is 0. The predicted octanol–water partition coefficient (Wildman–Crippen LogP) is 3.02. The molecule has 0 aliphatic carbocycles. The second-order valence-corrected chi connectivity index (χ2v) is 4.49. The minimum atomic E-state index is -1.05. The Labute approximate surface area is 130 Å². The van der Waals surface area contributed by atoms with Gasteiger partial charge in [-0.25, -0.2) is 0 Å². The molecule has 0 N–H and O–H groups in total. The van der Waals surface area contributed by atoms with Gasteiger partial charge in [-0.05, 0) is 5.56 Å². The molecule has 0 aromatic heterocycles. The highest BCUT2D eigenvalue weighted by Gasteiger charge is 2.33. The van der Waals surface area contributed by atoms with Crippen molar-refractivity contribution in [1.29, 1.82) is 0 Å². The average molecular weight is 300 g/mol. The van der Waals surface area contributed by atoms with Crippen molar-refractivity contribution in [2.24, 2.45) is 11.8 Å². The molecular weight excluding hydrogens is 280 g/mol. The third-order valence-electron chi connectivity index (χ3n) is 3.10. The van der Waals surface area contributed by atoms with Crippen molar-refractivity contribution >= 4 is 18.0 Å². The molecule has 1 unspecified atom stereocenters. The average Bonchev–Trinajstić information content (AvgIpc) is 2.57. The molecule has 0 heterocycles. The van der Waals surface area contributed by atoms with Gasteiger partial charge in [-0.1, -0.05) is 60.7 Å². The van der Waals surface area contributed by atoms with Crippen molar-refractivity contribution in [2.75, 3.05) is 14.2 Å². The van der Waals surface area contributed by atoms with Gasteiger partial charge in [0.2, 0.25) is 0 Å². The summed E-state index contributed by atoms with van der Waals surface area (Å²) >= 11 is 0. The maximum absolute atomic E-state index is 11.7. The topological polar surface area (TPSA) is 52.6 Å². The summed E-state index contributed by atoms with van der Waals surface area (Å²) in [6.45, 7) is 3.66. The fraction of sp³-hybridized carbons (Fsp3) is 0.222. The molecule has 0 spiro atoms. The van der Waals surface area contributed by atoms with Crippen LogP contribution in [0.2, 0.25) is 0 Å². The van der Waals surface area contributed by atoms with Crippen LogP contribution in [0, 0.1) is 11.8 Å². The molecule has 1 aromatic rings. The van der Waals surface area contributed by atoms with E-state index in [2.05, 4.69) is 16.1 Å². The van der Waals surface area contributed by atoms with Gasteiger partial charge in [0.15, 0.2) is 5.92 Å². The Morgan fingerprint density at radius 2 is 1.64 bits per heavy atom. The van der Waals surface area contributed by atoms with Crippen LogP contribution in [0.15, 0.2) is 61.2 Å². The minimum absolute atomic E-state index is 0.500. The number of benzene rings is 1. The maximum atomic E-state index is 11.7. The van der Waals surface area contributed by atoms with Gasteiger partial charge in [0.25, 0.3) is 0 Å². The van der Waals surface area contributed by atoms with E-state index in [1.807, 2.05) is 42.5 Å². The number of methoxy groups -OCH3 is 2. The van der Waals surface area contributed by atoms with Crippen LogP contribution in [0.25, 0.3) is 6.08 Å². The SMILES string of the molecule is C=CC(C=CC=Cc1ccccc1)C(C(=O)OC)C(=O)OC. The summed E-state index contributed by atoms with van der Waals surface area (Å²) in [4.78, 5) is 23.5. The molecule has 0 bridgehead atoms. The van der Waals surface area contributed by atoms with E-state index in [9.17, 15) is 9.59 Å². The summed E-state index contributed by atoms with van der Waals surface area (Å²) in [7, 11) is 2.47. The van der Waals surface area contributed by atoms with E-state index in [4.69, 9.17) is 0 Å². The lowest BCUT2D eigenvalue weighted by Gasteiger charge is -2.17. The molecule has 1 aromatic carbocycles. The Balaban J connectivity index is 2.83. The third kappa shape index (κ3) is 5.05. The Hall–Kier alpha value is -2.62. The molecule has 0 radical (unpaired) electrons. The first-order valence-corrected chi connectivity index (χ1v) is 6.82. The van der Waals surface area contributed by atoms with Gasteiger partial charge in [0, 0.05) is 5.92 Å². The first-order chi connectivity index (χ1) is 10.6. The normalized spacial score (nSPS) is 12.5. The highest BCUT2D eigenvalue weighted by Crippen LogP contribution is 2.18. The van der Waals surface area contributed by atoms with Gasteiger partial charge >= 0.3 is 11.9 Å². The summed E-state index contributed by atoms with van der Waals surface area (Å²) in [5.74, 6) is -2.84. The number of rotatable bonds is 7. The Kier molecular flexibility index (Phi) is 7.40. The first kappa shape index (κ1) is 17.4. The van der Waals surface area contributed by atoms with Crippen molar-refractivity contribution in [3.63, 3.8) is 0 Å². The zero-order valence-corrected chi connectivity index (χ0v) is 12.8. The Morgan fingerprint density at radius 3 is 2.14 bits per heavy atom. The number of allylic oxidation sites excluding steroid dienone is 4. The smallest absolute Gasteiger partial charge is 0.320 e. The van der Waals surface area contributed by atoms with Crippen LogP contribution < -0.4 is 0 Å². The molecule has 1 rings (SSSR count). The van der Waals surface area contributed by atoms with Crippen molar-refractivity contribution in [3.05, 3.63) is 66.8 Å². The van der Waals surface area contributed by atoms with Crippen LogP contribution in [-0.4, -0.2) is 26.2 Å². The molecular formula is C18H20O4. The maximum Gasteiger partial charge on any atom is 0.320 e. The van der Waals surface area contributed by atoms with E-state index in [-0.39, 0.29) is 0 Å². The number of carbonyl (C=O) groups is 2. The fourth-order valence-electron chi connectivity index (χ4n) is 1.91. The lowest BCUT2D eigenvalue weighted by Crippen LogP contribution is -2.31. The molecule has 0 aliphatic rings. The van der Waals surface area contributed by atoms with Crippen LogP contribution >= 0.6 is 0 Å². The van der Waals surface area contributed by atoms with Crippen molar-refractivity contribution in [3.8, 4) is 0 Å². The van der Waals surface area contributed by atoms with Gasteiger partial charge < -0.3 is 9.47 Å². The number of hydrogen-bond acceptors (Lipinski definition) is 4. The first-order valence-electron chi connectivity index (χ1n) is 6.82. The van der Waals surface area contributed by atoms with E-state index >= 15 is 0 Å². The molecule has 0 saturated carbocycles. The predicted molar refractivity (Wildman–Crippen MR) is 85.8 cm³/mol. The number of hydrogen-bond donors (Lipinski definition) is 0. The lowest BCUT2D eigenvalue weighted by atomic mass is 9.92. The van der Waals surface area contributed by atoms with Crippen molar-refractivity contribution in [2.45, 2.75) is 0 Å². The van der Waals surface area contributed by atoms with Gasteiger partial charge in [-0.3, -0.25) is 9.59 Å². The van der Waals surface area contributed by atoms with E-state index in [1.165, 1.54) is 20.3 Å². The van der Waals surface area contributed by atoms with Crippen LogP contribution in [0.1, 0.15) is 5.56 Å². The second-order valence-electron chi connectivity index (χ2n) is 4.49. The molecule has 116 valence electrons. The quantitative estimate of drug-likeness (QED) is 0.336. The van der Waals surface area contributed by atoms with Gasteiger partial charge in [-0.2, -0.15) is 0 Å². The standard InChI is InChI=1S/C18H20O4/c1-4-15(16(17(19)21-2)18(20)22-3)13-9-8-12-14-10-6-5-7-11-14/h4-13,15-16H,1H2,2-3H3. The van der Waals surface area contributed by atoms with Crippen LogP contribution in [0.5, 0.6) is 0 Å². The molecule has 22 heavy (non-hydrogen) atoms. The molecule has 4 nitrogen and oxygen atoms in total. The Bertz CT molecular complexity index is 542. The minimum Gasteiger partial charge on any atom is -0.468 e. The van der Waals surface area contributed by atoms with E-state index in [0.29, 0.717) is 0 Å². The molecule has 0 fully saturated rings. The molecule has 0 aliphatic heterocycles. The lowest BCUT2D eigenvalue weighted by molar-refractivity contribution is -0.159. The zero-order chi connectivity index (χ0) is 16.4. The molecule has 1 atom stereocenters. The van der Waals surface area contributed by atoms with Crippen LogP contribution in [0.3, 0.4) is 0 Å². The van der Waals surface area contributed by atoms with Crippen molar-refractivity contribution in [1.82, 2.24) is 0 Å². The highest BCUT2D eigenvalue weighted by atomic mass is 16.5. The summed E-state index contributed by atoms with van der Waals surface area (Å²) < 4.78 is 9.31. The second kappa shape index (κ2) is 9.34. The molecule has 4 heteroatoms. The summed E-state index contributed by atoms with van der Waals surface area (Å²) in [6, 6.07) is 9.78. The highest BCUT2D eigenvalue weighted by molar-refractivity contribution is 5.95. The largest absolute Gasteiger partial charge is 0.468 e. The van der Waals surface area contributed by atoms with Gasteiger partial charge in [0.05, 0.1) is 14.2 Å². The van der Waals surface area contributed by atoms with E-state index in [1.54, 1.807) is 12.2 Å². The van der Waals surface area contributed by atoms with Gasteiger partial charge in [-0.15, -0.1) is 6.58 Å². The molecule has 0 amide bonds. The number of esters is 2. The number of ether oxygens (including phenoxy) is 2.